The Labute approximate surface area is 131 Å². The maximum Gasteiger partial charge on any atom is -0.0152 e. The summed E-state index contributed by atoms with van der Waals surface area (Å²) >= 11 is 0. The molecule has 1 aliphatic rings. The van der Waals surface area contributed by atoms with Gasteiger partial charge in [0.15, 0.2) is 0 Å². The molecule has 116 valence electrons. The van der Waals surface area contributed by atoms with Gasteiger partial charge in [-0.1, -0.05) is 83.4 Å². The number of hydrogen-bond donors (Lipinski definition) is 0. The molecule has 2 aromatic carbocycles. The lowest BCUT2D eigenvalue weighted by Gasteiger charge is -2.22. The minimum Gasteiger partial charge on any atom is -0.0776 e. The molecular formula is C21H32. The third kappa shape index (κ3) is 4.88. The van der Waals surface area contributed by atoms with Gasteiger partial charge in [-0.3, -0.25) is 0 Å². The number of hydrogen-bond acceptors (Lipinski definition) is 0. The molecule has 1 fully saturated rings. The predicted molar refractivity (Wildman–Crippen MR) is 96.9 cm³/mol. The van der Waals surface area contributed by atoms with Crippen LogP contribution in [0.5, 0.6) is 0 Å². The van der Waals surface area contributed by atoms with Crippen molar-refractivity contribution in [3.8, 4) is 0 Å². The molecule has 0 atom stereocenters. The molecule has 0 heteroatoms. The van der Waals surface area contributed by atoms with Crippen molar-refractivity contribution in [3.63, 3.8) is 0 Å². The zero-order chi connectivity index (χ0) is 14.5. The van der Waals surface area contributed by atoms with Crippen molar-refractivity contribution in [1.29, 1.82) is 0 Å². The van der Waals surface area contributed by atoms with Gasteiger partial charge in [-0.05, 0) is 47.6 Å². The summed E-state index contributed by atoms with van der Waals surface area (Å²) in [6, 6.07) is 12.9. The highest BCUT2D eigenvalue weighted by Gasteiger charge is 2.13. The molecule has 0 nitrogen and oxygen atoms in total. The van der Waals surface area contributed by atoms with E-state index in [1.807, 2.05) is 0 Å². The number of benzene rings is 2. The van der Waals surface area contributed by atoms with Gasteiger partial charge in [0.25, 0.3) is 0 Å². The van der Waals surface area contributed by atoms with Crippen LogP contribution in [-0.2, 0) is 0 Å². The molecular weight excluding hydrogens is 252 g/mol. The normalized spacial score (nSPS) is 21.1. The Morgan fingerprint density at radius 2 is 1.00 bits per heavy atom. The molecule has 2 aromatic rings. The van der Waals surface area contributed by atoms with E-state index >= 15 is 0 Å². The summed E-state index contributed by atoms with van der Waals surface area (Å²) in [6.07, 6.45) is 5.89. The highest BCUT2D eigenvalue weighted by Crippen LogP contribution is 2.27. The Hall–Kier alpha value is -1.30. The van der Waals surface area contributed by atoms with Gasteiger partial charge in [0.05, 0.1) is 0 Å². The third-order valence-corrected chi connectivity index (χ3v) is 4.66. The summed E-state index contributed by atoms with van der Waals surface area (Å²) in [6.45, 7) is 9.04. The van der Waals surface area contributed by atoms with Crippen LogP contribution in [0.2, 0.25) is 0 Å². The molecule has 0 unspecified atom stereocenters. The van der Waals surface area contributed by atoms with Crippen LogP contribution in [0.3, 0.4) is 0 Å². The summed E-state index contributed by atoms with van der Waals surface area (Å²) in [5.41, 5.74) is 2.72. The van der Waals surface area contributed by atoms with Gasteiger partial charge in [-0.2, -0.15) is 0 Å². The quantitative estimate of drug-likeness (QED) is 0.492. The van der Waals surface area contributed by atoms with E-state index in [4.69, 9.17) is 0 Å². The van der Waals surface area contributed by atoms with Gasteiger partial charge >= 0.3 is 0 Å². The van der Waals surface area contributed by atoms with Crippen molar-refractivity contribution >= 4 is 10.8 Å². The minimum atomic E-state index is 0. The van der Waals surface area contributed by atoms with Crippen molar-refractivity contribution in [2.75, 3.05) is 0 Å². The van der Waals surface area contributed by atoms with Crippen LogP contribution in [0.4, 0.5) is 0 Å². The summed E-state index contributed by atoms with van der Waals surface area (Å²) in [5, 5.41) is 2.75. The molecule has 1 aliphatic carbocycles. The highest BCUT2D eigenvalue weighted by molar-refractivity contribution is 5.88. The van der Waals surface area contributed by atoms with Crippen LogP contribution in [-0.4, -0.2) is 0 Å². The van der Waals surface area contributed by atoms with Gasteiger partial charge in [0, 0.05) is 0 Å². The van der Waals surface area contributed by atoms with Crippen molar-refractivity contribution in [3.05, 3.63) is 47.5 Å². The van der Waals surface area contributed by atoms with Crippen LogP contribution in [0.15, 0.2) is 36.4 Å². The first-order chi connectivity index (χ1) is 9.58. The van der Waals surface area contributed by atoms with E-state index < -0.39 is 0 Å². The van der Waals surface area contributed by atoms with E-state index in [1.54, 1.807) is 0 Å². The predicted octanol–water partition coefficient (Wildman–Crippen LogP) is 6.93. The molecule has 0 saturated heterocycles. The first kappa shape index (κ1) is 17.8. The second-order valence-electron chi connectivity index (χ2n) is 6.61. The molecule has 0 N–H and O–H groups in total. The van der Waals surface area contributed by atoms with E-state index in [0.717, 1.165) is 11.8 Å². The lowest BCUT2D eigenvalue weighted by atomic mass is 9.84. The molecule has 0 aliphatic heterocycles. The second kappa shape index (κ2) is 8.22. The Kier molecular flexibility index (Phi) is 6.95. The SMILES string of the molecule is C.CC1CCC(C)CC1.Cc1ccc(C)c2ccccc12. The molecule has 0 aromatic heterocycles. The molecule has 1 saturated carbocycles. The van der Waals surface area contributed by atoms with E-state index in [9.17, 15) is 0 Å². The van der Waals surface area contributed by atoms with Crippen LogP contribution in [0, 0.1) is 25.7 Å². The Morgan fingerprint density at radius 3 is 1.33 bits per heavy atom. The van der Waals surface area contributed by atoms with Gasteiger partial charge < -0.3 is 0 Å². The fraction of sp³-hybridized carbons (Fsp3) is 0.524. The van der Waals surface area contributed by atoms with E-state index in [-0.39, 0.29) is 7.43 Å². The molecule has 0 radical (unpaired) electrons. The van der Waals surface area contributed by atoms with Crippen molar-refractivity contribution in [1.82, 2.24) is 0 Å². The van der Waals surface area contributed by atoms with Crippen LogP contribution < -0.4 is 0 Å². The summed E-state index contributed by atoms with van der Waals surface area (Å²) < 4.78 is 0. The molecule has 0 spiro atoms. The molecule has 3 rings (SSSR count). The lowest BCUT2D eigenvalue weighted by Crippen LogP contribution is -2.08. The van der Waals surface area contributed by atoms with Crippen LogP contribution in [0.25, 0.3) is 10.8 Å². The van der Waals surface area contributed by atoms with Crippen molar-refractivity contribution < 1.29 is 0 Å². The molecule has 0 bridgehead atoms. The first-order valence-corrected chi connectivity index (χ1v) is 8.03. The number of fused-ring (bicyclic) bond motifs is 1. The van der Waals surface area contributed by atoms with E-state index in [2.05, 4.69) is 64.1 Å². The Morgan fingerprint density at radius 1 is 0.667 bits per heavy atom. The smallest absolute Gasteiger partial charge is 0.0152 e. The van der Waals surface area contributed by atoms with Gasteiger partial charge in [-0.15, -0.1) is 0 Å². The van der Waals surface area contributed by atoms with Crippen molar-refractivity contribution in [2.45, 2.75) is 60.8 Å². The largest absolute Gasteiger partial charge is 0.0776 e. The summed E-state index contributed by atoms with van der Waals surface area (Å²) in [4.78, 5) is 0. The average molecular weight is 284 g/mol. The standard InChI is InChI=1S/C12H12.C8H16.CH4/c1-9-7-8-10(2)12-6-4-3-5-11(9)12;1-7-3-5-8(2)6-4-7;/h3-8H,1-2H3;7-8H,3-6H2,1-2H3;1H4. The first-order valence-electron chi connectivity index (χ1n) is 8.03. The fourth-order valence-corrected chi connectivity index (χ4v) is 3.03. The van der Waals surface area contributed by atoms with Gasteiger partial charge in [0.2, 0.25) is 0 Å². The van der Waals surface area contributed by atoms with E-state index in [0.29, 0.717) is 0 Å². The van der Waals surface area contributed by atoms with E-state index in [1.165, 1.54) is 47.6 Å². The second-order valence-corrected chi connectivity index (χ2v) is 6.61. The monoisotopic (exact) mass is 284 g/mol. The number of rotatable bonds is 0. The molecule has 0 amide bonds. The van der Waals surface area contributed by atoms with Gasteiger partial charge in [-0.25, -0.2) is 0 Å². The lowest BCUT2D eigenvalue weighted by molar-refractivity contribution is 0.308. The Bertz CT molecular complexity index is 494. The van der Waals surface area contributed by atoms with Crippen molar-refractivity contribution in [2.24, 2.45) is 11.8 Å². The zero-order valence-electron chi connectivity index (χ0n) is 13.4. The average Bonchev–Trinajstić information content (AvgIpc) is 2.47. The minimum absolute atomic E-state index is 0. The van der Waals surface area contributed by atoms with Crippen LogP contribution in [0.1, 0.15) is 58.1 Å². The summed E-state index contributed by atoms with van der Waals surface area (Å²) in [5.74, 6) is 2.04. The van der Waals surface area contributed by atoms with Gasteiger partial charge in [0.1, 0.15) is 0 Å². The maximum absolute atomic E-state index is 2.37. The Balaban J connectivity index is 0.000000216. The molecule has 21 heavy (non-hydrogen) atoms. The van der Waals surface area contributed by atoms with Crippen LogP contribution >= 0.6 is 0 Å². The third-order valence-electron chi connectivity index (χ3n) is 4.66. The maximum atomic E-state index is 2.37. The number of aryl methyl sites for hydroxylation is 2. The molecule has 0 heterocycles. The zero-order valence-corrected chi connectivity index (χ0v) is 13.4. The summed E-state index contributed by atoms with van der Waals surface area (Å²) in [7, 11) is 0. The fourth-order valence-electron chi connectivity index (χ4n) is 3.03. The topological polar surface area (TPSA) is 0 Å². The highest BCUT2D eigenvalue weighted by atomic mass is 14.2.